The van der Waals surface area contributed by atoms with E-state index in [1.165, 1.54) is 25.3 Å². The normalized spacial score (nSPS) is 9.56. The second kappa shape index (κ2) is 4.96. The number of nitrogens with zero attached hydrogens (tertiary/aromatic N) is 1. The Morgan fingerprint density at radius 1 is 1.56 bits per heavy atom. The summed E-state index contributed by atoms with van der Waals surface area (Å²) in [5, 5.41) is 19.1. The molecule has 0 fully saturated rings. The van der Waals surface area contributed by atoms with Crippen molar-refractivity contribution in [1.29, 1.82) is 0 Å². The van der Waals surface area contributed by atoms with E-state index in [4.69, 9.17) is 14.6 Å². The van der Waals surface area contributed by atoms with Crippen molar-refractivity contribution in [3.8, 4) is 11.5 Å². The Morgan fingerprint density at radius 2 is 2.25 bits per heavy atom. The zero-order chi connectivity index (χ0) is 12.1. The van der Waals surface area contributed by atoms with Gasteiger partial charge in [0.05, 0.1) is 12.0 Å². The molecule has 7 nitrogen and oxygen atoms in total. The summed E-state index contributed by atoms with van der Waals surface area (Å²) < 4.78 is 9.66. The van der Waals surface area contributed by atoms with Gasteiger partial charge in [0, 0.05) is 6.07 Å². The van der Waals surface area contributed by atoms with Gasteiger partial charge in [-0.3, -0.25) is 10.1 Å². The summed E-state index contributed by atoms with van der Waals surface area (Å²) in [5.41, 5.74) is -0.333. The monoisotopic (exact) mass is 227 g/mol. The third kappa shape index (κ3) is 2.59. The Morgan fingerprint density at radius 3 is 2.75 bits per heavy atom. The lowest BCUT2D eigenvalue weighted by Gasteiger charge is -2.08. The molecule has 0 radical (unpaired) electrons. The number of para-hydroxylation sites is 1. The van der Waals surface area contributed by atoms with Gasteiger partial charge in [-0.15, -0.1) is 0 Å². The molecule has 1 aromatic carbocycles. The molecular weight excluding hydrogens is 218 g/mol. The van der Waals surface area contributed by atoms with Gasteiger partial charge >= 0.3 is 11.7 Å². The SMILES string of the molecule is COc1cccc([N+](=O)[O-])c1OCC(=O)O. The highest BCUT2D eigenvalue weighted by Gasteiger charge is 2.20. The number of nitro benzene ring substituents is 1. The van der Waals surface area contributed by atoms with Crippen LogP contribution in [0.3, 0.4) is 0 Å². The minimum absolute atomic E-state index is 0.121. The van der Waals surface area contributed by atoms with Crippen molar-refractivity contribution in [2.45, 2.75) is 0 Å². The molecule has 0 amide bonds. The van der Waals surface area contributed by atoms with Gasteiger partial charge in [-0.05, 0) is 6.07 Å². The molecular formula is C9H9NO6. The van der Waals surface area contributed by atoms with Crippen LogP contribution in [0.1, 0.15) is 0 Å². The van der Waals surface area contributed by atoms with Crippen molar-refractivity contribution >= 4 is 11.7 Å². The highest BCUT2D eigenvalue weighted by molar-refractivity contribution is 5.69. The molecule has 0 unspecified atom stereocenters. The molecule has 0 aliphatic heterocycles. The molecule has 0 aromatic heterocycles. The predicted octanol–water partition coefficient (Wildman–Crippen LogP) is 1.07. The van der Waals surface area contributed by atoms with Crippen molar-refractivity contribution in [1.82, 2.24) is 0 Å². The number of carboxylic acids is 1. The molecule has 86 valence electrons. The molecule has 0 atom stereocenters. The van der Waals surface area contributed by atoms with Crippen LogP contribution in [-0.2, 0) is 4.79 Å². The van der Waals surface area contributed by atoms with Gasteiger partial charge < -0.3 is 14.6 Å². The summed E-state index contributed by atoms with van der Waals surface area (Å²) >= 11 is 0. The van der Waals surface area contributed by atoms with E-state index in [0.29, 0.717) is 0 Å². The molecule has 7 heteroatoms. The van der Waals surface area contributed by atoms with Crippen molar-refractivity contribution in [3.05, 3.63) is 28.3 Å². The maximum atomic E-state index is 10.7. The summed E-state index contributed by atoms with van der Waals surface area (Å²) in [5.74, 6) is -1.28. The van der Waals surface area contributed by atoms with Gasteiger partial charge in [0.25, 0.3) is 0 Å². The standard InChI is InChI=1S/C9H9NO6/c1-15-7-4-2-3-6(10(13)14)9(7)16-5-8(11)12/h2-4H,5H2,1H3,(H,11,12). The van der Waals surface area contributed by atoms with Crippen LogP contribution in [0.25, 0.3) is 0 Å². The number of aliphatic carboxylic acids is 1. The average Bonchev–Trinajstić information content (AvgIpc) is 2.25. The second-order valence-corrected chi connectivity index (χ2v) is 2.75. The van der Waals surface area contributed by atoms with Gasteiger partial charge in [-0.25, -0.2) is 4.79 Å². The van der Waals surface area contributed by atoms with E-state index in [0.717, 1.165) is 0 Å². The Bertz CT molecular complexity index is 416. The van der Waals surface area contributed by atoms with Crippen LogP contribution in [0.4, 0.5) is 5.69 Å². The first-order valence-corrected chi connectivity index (χ1v) is 4.22. The number of carbonyl (C=O) groups is 1. The van der Waals surface area contributed by atoms with Crippen molar-refractivity contribution < 1.29 is 24.3 Å². The Hall–Kier alpha value is -2.31. The molecule has 0 heterocycles. The smallest absolute Gasteiger partial charge is 0.341 e. The third-order valence-electron chi connectivity index (χ3n) is 1.71. The molecule has 0 aliphatic rings. The Balaban J connectivity index is 3.09. The van der Waals surface area contributed by atoms with Crippen LogP contribution in [0.15, 0.2) is 18.2 Å². The van der Waals surface area contributed by atoms with E-state index in [-0.39, 0.29) is 17.2 Å². The van der Waals surface area contributed by atoms with E-state index in [1.54, 1.807) is 0 Å². The first-order chi connectivity index (χ1) is 7.56. The van der Waals surface area contributed by atoms with E-state index < -0.39 is 17.5 Å². The zero-order valence-electron chi connectivity index (χ0n) is 8.37. The van der Waals surface area contributed by atoms with Gasteiger partial charge in [0.1, 0.15) is 0 Å². The Kier molecular flexibility index (Phi) is 3.65. The molecule has 0 aliphatic carbocycles. The van der Waals surface area contributed by atoms with Crippen LogP contribution in [-0.4, -0.2) is 29.7 Å². The number of hydrogen-bond acceptors (Lipinski definition) is 5. The van der Waals surface area contributed by atoms with Crippen molar-refractivity contribution in [3.63, 3.8) is 0 Å². The molecule has 0 saturated carbocycles. The largest absolute Gasteiger partial charge is 0.493 e. The maximum Gasteiger partial charge on any atom is 0.341 e. The molecule has 0 bridgehead atoms. The van der Waals surface area contributed by atoms with Crippen LogP contribution in [0.5, 0.6) is 11.5 Å². The number of hydrogen-bond donors (Lipinski definition) is 1. The highest BCUT2D eigenvalue weighted by atomic mass is 16.6. The summed E-state index contributed by atoms with van der Waals surface area (Å²) in [6.45, 7) is -0.665. The number of methoxy groups -OCH3 is 1. The summed E-state index contributed by atoms with van der Waals surface area (Å²) in [6, 6.07) is 4.08. The van der Waals surface area contributed by atoms with E-state index in [1.807, 2.05) is 0 Å². The quantitative estimate of drug-likeness (QED) is 0.596. The third-order valence-corrected chi connectivity index (χ3v) is 1.71. The first kappa shape index (κ1) is 11.8. The lowest BCUT2D eigenvalue weighted by molar-refractivity contribution is -0.385. The fraction of sp³-hybridized carbons (Fsp3) is 0.222. The van der Waals surface area contributed by atoms with Crippen LogP contribution >= 0.6 is 0 Å². The molecule has 1 N–H and O–H groups in total. The molecule has 0 saturated heterocycles. The number of carboxylic acid groups (broad SMARTS) is 1. The number of benzene rings is 1. The second-order valence-electron chi connectivity index (χ2n) is 2.75. The predicted molar refractivity (Wildman–Crippen MR) is 52.8 cm³/mol. The number of ether oxygens (including phenoxy) is 2. The fourth-order valence-electron chi connectivity index (χ4n) is 1.09. The number of rotatable bonds is 5. The van der Waals surface area contributed by atoms with Gasteiger partial charge in [0.2, 0.25) is 5.75 Å². The number of nitro groups is 1. The van der Waals surface area contributed by atoms with Crippen LogP contribution in [0, 0.1) is 10.1 Å². The van der Waals surface area contributed by atoms with Crippen LogP contribution < -0.4 is 9.47 Å². The summed E-state index contributed by atoms with van der Waals surface area (Å²) in [7, 11) is 1.31. The Labute approximate surface area is 90.4 Å². The molecule has 1 rings (SSSR count). The molecule has 1 aromatic rings. The van der Waals surface area contributed by atoms with E-state index in [9.17, 15) is 14.9 Å². The van der Waals surface area contributed by atoms with Crippen LogP contribution in [0.2, 0.25) is 0 Å². The highest BCUT2D eigenvalue weighted by Crippen LogP contribution is 2.36. The van der Waals surface area contributed by atoms with E-state index in [2.05, 4.69) is 0 Å². The van der Waals surface area contributed by atoms with Gasteiger partial charge in [-0.1, -0.05) is 6.07 Å². The minimum Gasteiger partial charge on any atom is -0.493 e. The zero-order valence-corrected chi connectivity index (χ0v) is 8.37. The average molecular weight is 227 g/mol. The van der Waals surface area contributed by atoms with Crippen molar-refractivity contribution in [2.24, 2.45) is 0 Å². The lowest BCUT2D eigenvalue weighted by Crippen LogP contribution is -2.11. The van der Waals surface area contributed by atoms with E-state index >= 15 is 0 Å². The summed E-state index contributed by atoms with van der Waals surface area (Å²) in [4.78, 5) is 20.3. The van der Waals surface area contributed by atoms with Crippen molar-refractivity contribution in [2.75, 3.05) is 13.7 Å². The molecule has 16 heavy (non-hydrogen) atoms. The van der Waals surface area contributed by atoms with Gasteiger partial charge in [-0.2, -0.15) is 0 Å². The summed E-state index contributed by atoms with van der Waals surface area (Å²) in [6.07, 6.45) is 0. The molecule has 0 spiro atoms. The minimum atomic E-state index is -1.22. The lowest BCUT2D eigenvalue weighted by atomic mass is 10.3. The first-order valence-electron chi connectivity index (χ1n) is 4.22. The topological polar surface area (TPSA) is 98.9 Å². The van der Waals surface area contributed by atoms with Gasteiger partial charge in [0.15, 0.2) is 12.4 Å². The fourth-order valence-corrected chi connectivity index (χ4v) is 1.09. The maximum absolute atomic E-state index is 10.7.